The van der Waals surface area contributed by atoms with Gasteiger partial charge < -0.3 is 24.8 Å². The predicted molar refractivity (Wildman–Crippen MR) is 275 cm³/mol. The molecular formula is C58H114O6. The molecule has 382 valence electrons. The highest BCUT2D eigenvalue weighted by molar-refractivity contribution is 5.72. The van der Waals surface area contributed by atoms with E-state index in [1.807, 2.05) is 27.9 Å². The van der Waals surface area contributed by atoms with Crippen LogP contribution < -0.4 is 0 Å². The molecule has 0 spiro atoms. The third-order valence-electron chi connectivity index (χ3n) is 15.7. The van der Waals surface area contributed by atoms with Crippen molar-refractivity contribution in [1.29, 1.82) is 0 Å². The highest BCUT2D eigenvalue weighted by atomic mass is 16.5. The van der Waals surface area contributed by atoms with Crippen molar-refractivity contribution in [2.45, 2.75) is 328 Å². The number of carbonyl (C=O) groups is 1. The topological polar surface area (TPSA) is 96.2 Å². The normalized spacial score (nSPS) is 24.5. The van der Waals surface area contributed by atoms with Crippen molar-refractivity contribution < 1.29 is 29.6 Å². The lowest BCUT2D eigenvalue weighted by molar-refractivity contribution is -0.146. The molecule has 8 rings (SSSR count). The minimum absolute atomic E-state index is 0.0142. The molecule has 8 fully saturated rings. The highest BCUT2D eigenvalue weighted by Gasteiger charge is 2.28. The zero-order chi connectivity index (χ0) is 47.4. The van der Waals surface area contributed by atoms with Crippen LogP contribution in [-0.2, 0) is 14.3 Å². The Bertz CT molecular complexity index is 950. The van der Waals surface area contributed by atoms with E-state index in [1.54, 1.807) is 0 Å². The van der Waals surface area contributed by atoms with Crippen LogP contribution in [0.2, 0.25) is 0 Å². The summed E-state index contributed by atoms with van der Waals surface area (Å²) in [5.41, 5.74) is -0.0725. The molecule has 0 saturated heterocycles. The molecule has 0 amide bonds. The Morgan fingerprint density at radius 3 is 1.05 bits per heavy atom. The summed E-state index contributed by atoms with van der Waals surface area (Å²) in [4.78, 5) is 10.9. The van der Waals surface area contributed by atoms with E-state index in [4.69, 9.17) is 9.84 Å². The number of methoxy groups -OCH3 is 2. The van der Waals surface area contributed by atoms with Crippen molar-refractivity contribution in [3.8, 4) is 0 Å². The van der Waals surface area contributed by atoms with Crippen LogP contribution in [0.3, 0.4) is 0 Å². The van der Waals surface area contributed by atoms with Crippen molar-refractivity contribution in [3.63, 3.8) is 0 Å². The molecule has 6 heteroatoms. The molecule has 0 bridgehead atoms. The minimum atomic E-state index is -0.430. The Labute approximate surface area is 399 Å². The van der Waals surface area contributed by atoms with Gasteiger partial charge in [-0.15, -0.1) is 0 Å². The van der Waals surface area contributed by atoms with Gasteiger partial charge in [0, 0.05) is 7.11 Å². The summed E-state index contributed by atoms with van der Waals surface area (Å²) in [5.74, 6) is 1.79. The van der Waals surface area contributed by atoms with Gasteiger partial charge in [0.25, 0.3) is 0 Å². The van der Waals surface area contributed by atoms with Crippen LogP contribution in [-0.4, -0.2) is 58.9 Å². The predicted octanol–water partition coefficient (Wildman–Crippen LogP) is 17.0. The van der Waals surface area contributed by atoms with Gasteiger partial charge in [0.15, 0.2) is 0 Å². The maximum Gasteiger partial charge on any atom is 0.308 e. The fraction of sp³-hybridized carbons (Fsp3) is 0.983. The maximum absolute atomic E-state index is 10.9. The molecule has 0 aliphatic heterocycles. The molecule has 8 saturated carbocycles. The molecule has 0 aromatic heterocycles. The summed E-state index contributed by atoms with van der Waals surface area (Å²) < 4.78 is 9.84. The zero-order valence-electron chi connectivity index (χ0n) is 44.4. The number of aliphatic hydroxyl groups is 3. The number of carbonyl (C=O) groups excluding carboxylic acids is 1. The molecular weight excluding hydrogens is 793 g/mol. The summed E-state index contributed by atoms with van der Waals surface area (Å²) in [6.45, 7) is 12.9. The van der Waals surface area contributed by atoms with Gasteiger partial charge in [0.1, 0.15) is 0 Å². The lowest BCUT2D eigenvalue weighted by atomic mass is 9.78. The Morgan fingerprint density at radius 2 is 0.812 bits per heavy atom. The number of aliphatic hydroxyl groups excluding tert-OH is 1. The van der Waals surface area contributed by atoms with Crippen LogP contribution in [0.5, 0.6) is 0 Å². The van der Waals surface area contributed by atoms with Gasteiger partial charge in [-0.2, -0.15) is 0 Å². The van der Waals surface area contributed by atoms with Crippen LogP contribution in [0.1, 0.15) is 305 Å². The van der Waals surface area contributed by atoms with Crippen LogP contribution >= 0.6 is 0 Å². The molecule has 6 nitrogen and oxygen atoms in total. The van der Waals surface area contributed by atoms with E-state index in [1.165, 1.54) is 232 Å². The van der Waals surface area contributed by atoms with Crippen molar-refractivity contribution in [2.75, 3.05) is 14.2 Å². The van der Waals surface area contributed by atoms with E-state index < -0.39 is 5.60 Å². The third kappa shape index (κ3) is 35.5. The van der Waals surface area contributed by atoms with E-state index in [2.05, 4.69) is 25.5 Å². The summed E-state index contributed by atoms with van der Waals surface area (Å²) in [6.07, 6.45) is 54.9. The summed E-state index contributed by atoms with van der Waals surface area (Å²) in [7, 11) is 3.28. The van der Waals surface area contributed by atoms with Gasteiger partial charge >= 0.3 is 5.97 Å². The summed E-state index contributed by atoms with van der Waals surface area (Å²) in [5, 5.41) is 27.9. The minimum Gasteiger partial charge on any atom is -0.469 e. The SMILES string of the molecule is C1CCCCC1.CC(C)(O)C1CCCCC1.CC1(C)CCCCC1.CC1(O)CCCCC1.CC1CCCCC1.COC(=O)C1CCCCC1.COC1CCCCC1.OC1CCCCC1. The molecule has 8 aliphatic rings. The van der Waals surface area contributed by atoms with Crippen molar-refractivity contribution in [3.05, 3.63) is 0 Å². The smallest absolute Gasteiger partial charge is 0.308 e. The van der Waals surface area contributed by atoms with Crippen LogP contribution in [0.25, 0.3) is 0 Å². The quantitative estimate of drug-likeness (QED) is 0.244. The second-order valence-corrected chi connectivity index (χ2v) is 23.3. The monoisotopic (exact) mass is 907 g/mol. The van der Waals surface area contributed by atoms with Crippen LogP contribution in [0.4, 0.5) is 0 Å². The number of esters is 1. The van der Waals surface area contributed by atoms with E-state index in [0.29, 0.717) is 17.4 Å². The molecule has 0 aromatic rings. The summed E-state index contributed by atoms with van der Waals surface area (Å²) >= 11 is 0. The van der Waals surface area contributed by atoms with Gasteiger partial charge in [0.05, 0.1) is 36.4 Å². The number of hydrogen-bond acceptors (Lipinski definition) is 6. The van der Waals surface area contributed by atoms with Crippen molar-refractivity contribution >= 4 is 5.97 Å². The van der Waals surface area contributed by atoms with Gasteiger partial charge in [0.2, 0.25) is 0 Å². The third-order valence-corrected chi connectivity index (χ3v) is 15.7. The van der Waals surface area contributed by atoms with Gasteiger partial charge in [-0.05, 0) is 115 Å². The first-order valence-electron chi connectivity index (χ1n) is 28.3. The first-order valence-corrected chi connectivity index (χ1v) is 28.3. The van der Waals surface area contributed by atoms with E-state index >= 15 is 0 Å². The Hall–Kier alpha value is -0.690. The van der Waals surface area contributed by atoms with Crippen LogP contribution in [0.15, 0.2) is 0 Å². The van der Waals surface area contributed by atoms with Gasteiger partial charge in [-0.1, -0.05) is 207 Å². The Kier molecular flexibility index (Phi) is 36.6. The summed E-state index contributed by atoms with van der Waals surface area (Å²) in [6, 6.07) is 0. The van der Waals surface area contributed by atoms with Crippen LogP contribution in [0, 0.1) is 23.2 Å². The van der Waals surface area contributed by atoms with Crippen molar-refractivity contribution in [2.24, 2.45) is 23.2 Å². The molecule has 0 aromatic carbocycles. The fourth-order valence-electron chi connectivity index (χ4n) is 10.9. The zero-order valence-corrected chi connectivity index (χ0v) is 44.4. The average molecular weight is 908 g/mol. The first kappa shape index (κ1) is 61.3. The fourth-order valence-corrected chi connectivity index (χ4v) is 10.9. The second kappa shape index (κ2) is 38.2. The van der Waals surface area contributed by atoms with Crippen molar-refractivity contribution in [1.82, 2.24) is 0 Å². The van der Waals surface area contributed by atoms with Gasteiger partial charge in [-0.25, -0.2) is 0 Å². The molecule has 0 atom stereocenters. The molecule has 0 radical (unpaired) electrons. The Morgan fingerprint density at radius 1 is 0.484 bits per heavy atom. The lowest BCUT2D eigenvalue weighted by Gasteiger charge is -2.32. The maximum atomic E-state index is 10.9. The molecule has 64 heavy (non-hydrogen) atoms. The standard InChI is InChI=1S/C9H18O.C8H14O2.C8H16.2C7H14O.C7H14.C6H12O.C6H12/c1-9(2,10)8-6-4-3-5-7-8;1-10-8(9)7-5-3-2-4-6-7;1-8(2)6-4-3-5-7-8;1-8-7-5-3-2-4-6-7;1-7(8)5-3-2-4-6-7;1-7-5-3-2-4-6-7;7-6-4-2-1-3-5-6;1-2-4-6-5-3-1/h8,10H,3-7H2,1-2H3;7H,2-6H2,1H3;3-7H2,1-2H3;7H,2-6H2,1H3;8H,2-6H2,1H3;7H,2-6H2,1H3;6-7H,1-5H2;1-6H2. The van der Waals surface area contributed by atoms with E-state index in [9.17, 15) is 15.0 Å². The lowest BCUT2D eigenvalue weighted by Crippen LogP contribution is -2.32. The number of rotatable bonds is 3. The largest absolute Gasteiger partial charge is 0.469 e. The first-order chi connectivity index (χ1) is 30.6. The van der Waals surface area contributed by atoms with E-state index in [-0.39, 0.29) is 23.6 Å². The molecule has 8 aliphatic carbocycles. The number of hydrogen-bond donors (Lipinski definition) is 3. The number of ether oxygens (including phenoxy) is 2. The average Bonchev–Trinajstić information content (AvgIpc) is 3.32. The molecule has 0 heterocycles. The van der Waals surface area contributed by atoms with E-state index in [0.717, 1.165) is 44.4 Å². The second-order valence-electron chi connectivity index (χ2n) is 23.3. The van der Waals surface area contributed by atoms with Gasteiger partial charge in [-0.3, -0.25) is 4.79 Å². The Balaban J connectivity index is 0.000000367. The molecule has 0 unspecified atom stereocenters. The highest BCUT2D eigenvalue weighted by Crippen LogP contribution is 2.35. The molecule has 3 N–H and O–H groups in total.